The highest BCUT2D eigenvalue weighted by atomic mass is 35.5. The fraction of sp³-hybridized carbons (Fsp3) is 0.188. The van der Waals surface area contributed by atoms with Crippen molar-refractivity contribution in [3.05, 3.63) is 63.2 Å². The van der Waals surface area contributed by atoms with Gasteiger partial charge >= 0.3 is 0 Å². The minimum atomic E-state index is -0.445. The van der Waals surface area contributed by atoms with E-state index >= 15 is 0 Å². The van der Waals surface area contributed by atoms with E-state index in [4.69, 9.17) is 11.6 Å². The zero-order valence-electron chi connectivity index (χ0n) is 12.1. The number of rotatable bonds is 4. The summed E-state index contributed by atoms with van der Waals surface area (Å²) >= 11 is 7.45. The Hall–Kier alpha value is -2.05. The molecular weight excluding hydrogens is 336 g/mol. The topological polar surface area (TPSA) is 63.5 Å². The van der Waals surface area contributed by atoms with Crippen molar-refractivity contribution in [2.45, 2.75) is 11.3 Å². The molecule has 0 saturated heterocycles. The number of nitrogens with zero attached hydrogens (tertiary/aromatic N) is 2. The van der Waals surface area contributed by atoms with E-state index in [0.717, 1.165) is 16.9 Å². The summed E-state index contributed by atoms with van der Waals surface area (Å²) in [5, 5.41) is 11.5. The van der Waals surface area contributed by atoms with Gasteiger partial charge in [0.15, 0.2) is 0 Å². The van der Waals surface area contributed by atoms with Gasteiger partial charge in [0.2, 0.25) is 5.91 Å². The van der Waals surface area contributed by atoms with Crippen LogP contribution in [0.25, 0.3) is 0 Å². The summed E-state index contributed by atoms with van der Waals surface area (Å²) in [6.07, 6.45) is 0.718. The van der Waals surface area contributed by atoms with Crippen LogP contribution in [0.4, 0.5) is 11.4 Å². The van der Waals surface area contributed by atoms with Gasteiger partial charge in [0, 0.05) is 23.6 Å². The van der Waals surface area contributed by atoms with E-state index in [0.29, 0.717) is 17.3 Å². The van der Waals surface area contributed by atoms with Gasteiger partial charge in [-0.1, -0.05) is 29.8 Å². The van der Waals surface area contributed by atoms with Crippen LogP contribution in [0.1, 0.15) is 5.56 Å². The minimum Gasteiger partial charge on any atom is -0.311 e. The molecule has 1 heterocycles. The highest BCUT2D eigenvalue weighted by molar-refractivity contribution is 8.00. The molecule has 0 N–H and O–H groups in total. The van der Waals surface area contributed by atoms with Gasteiger partial charge in [0.1, 0.15) is 0 Å². The zero-order valence-corrected chi connectivity index (χ0v) is 13.6. The van der Waals surface area contributed by atoms with Crippen molar-refractivity contribution in [1.29, 1.82) is 0 Å². The summed E-state index contributed by atoms with van der Waals surface area (Å²) < 4.78 is 0. The fourth-order valence-corrected chi connectivity index (χ4v) is 3.63. The second-order valence-electron chi connectivity index (χ2n) is 5.08. The fourth-order valence-electron chi connectivity index (χ4n) is 2.52. The minimum absolute atomic E-state index is 0.00204. The molecule has 2 aromatic carbocycles. The molecule has 0 unspecified atom stereocenters. The molecule has 0 saturated carbocycles. The van der Waals surface area contributed by atoms with Crippen LogP contribution < -0.4 is 4.90 Å². The molecule has 1 aliphatic heterocycles. The number of fused-ring (bicyclic) bond motifs is 1. The standard InChI is InChI=1S/C16H13ClN2O3S/c17-13-3-1-2-4-15(13)23-10-16(20)18-8-7-11-5-6-12(19(21)22)9-14(11)18/h1-6,9H,7-8,10H2. The Morgan fingerprint density at radius 3 is 2.83 bits per heavy atom. The van der Waals surface area contributed by atoms with E-state index in [9.17, 15) is 14.9 Å². The molecule has 7 heteroatoms. The number of nitro groups is 1. The molecule has 0 atom stereocenters. The SMILES string of the molecule is O=C(CSc1ccccc1Cl)N1CCc2ccc([N+](=O)[O-])cc21. The van der Waals surface area contributed by atoms with Crippen molar-refractivity contribution in [2.75, 3.05) is 17.2 Å². The van der Waals surface area contributed by atoms with Gasteiger partial charge in [-0.3, -0.25) is 14.9 Å². The third-order valence-electron chi connectivity index (χ3n) is 3.66. The predicted molar refractivity (Wildman–Crippen MR) is 91.3 cm³/mol. The van der Waals surface area contributed by atoms with Gasteiger partial charge in [-0.05, 0) is 24.1 Å². The normalized spacial score (nSPS) is 13.0. The first-order valence-electron chi connectivity index (χ1n) is 7.01. The van der Waals surface area contributed by atoms with Crippen LogP contribution in [0.5, 0.6) is 0 Å². The summed E-state index contributed by atoms with van der Waals surface area (Å²) in [7, 11) is 0. The van der Waals surface area contributed by atoms with Crippen LogP contribution in [0, 0.1) is 10.1 Å². The predicted octanol–water partition coefficient (Wildman–Crippen LogP) is 3.93. The molecule has 0 bridgehead atoms. The smallest absolute Gasteiger partial charge is 0.271 e. The van der Waals surface area contributed by atoms with Crippen molar-refractivity contribution in [2.24, 2.45) is 0 Å². The molecule has 2 aromatic rings. The lowest BCUT2D eigenvalue weighted by Crippen LogP contribution is -2.30. The van der Waals surface area contributed by atoms with Crippen LogP contribution in [0.15, 0.2) is 47.4 Å². The molecule has 3 rings (SSSR count). The Kier molecular flexibility index (Phi) is 4.54. The average Bonchev–Trinajstić information content (AvgIpc) is 2.97. The van der Waals surface area contributed by atoms with Crippen molar-refractivity contribution >= 4 is 40.6 Å². The first-order chi connectivity index (χ1) is 11.1. The maximum atomic E-state index is 12.5. The highest BCUT2D eigenvalue weighted by Crippen LogP contribution is 2.33. The van der Waals surface area contributed by atoms with Crippen molar-refractivity contribution < 1.29 is 9.72 Å². The number of benzene rings is 2. The number of carbonyl (C=O) groups excluding carboxylic acids is 1. The zero-order chi connectivity index (χ0) is 16.4. The van der Waals surface area contributed by atoms with Crippen molar-refractivity contribution in [1.82, 2.24) is 0 Å². The number of non-ortho nitro benzene ring substituents is 1. The Labute approximate surface area is 142 Å². The van der Waals surface area contributed by atoms with Gasteiger partial charge in [-0.25, -0.2) is 0 Å². The molecule has 0 fully saturated rings. The lowest BCUT2D eigenvalue weighted by atomic mass is 10.1. The Morgan fingerprint density at radius 2 is 2.09 bits per heavy atom. The molecule has 0 radical (unpaired) electrons. The van der Waals surface area contributed by atoms with Crippen LogP contribution in [-0.2, 0) is 11.2 Å². The Balaban J connectivity index is 1.74. The molecule has 1 amide bonds. The number of hydrogen-bond acceptors (Lipinski definition) is 4. The molecule has 0 aromatic heterocycles. The second kappa shape index (κ2) is 6.60. The lowest BCUT2D eigenvalue weighted by Gasteiger charge is -2.17. The maximum Gasteiger partial charge on any atom is 0.271 e. The molecule has 5 nitrogen and oxygen atoms in total. The largest absolute Gasteiger partial charge is 0.311 e. The van der Waals surface area contributed by atoms with Crippen molar-refractivity contribution in [3.8, 4) is 0 Å². The number of halogens is 1. The van der Waals surface area contributed by atoms with Gasteiger partial charge in [-0.2, -0.15) is 0 Å². The number of amides is 1. The van der Waals surface area contributed by atoms with E-state index in [-0.39, 0.29) is 17.3 Å². The molecule has 0 aliphatic carbocycles. The second-order valence-corrected chi connectivity index (χ2v) is 6.51. The third kappa shape index (κ3) is 3.33. The van der Waals surface area contributed by atoms with Crippen LogP contribution >= 0.6 is 23.4 Å². The first kappa shape index (κ1) is 15.8. The number of thioether (sulfide) groups is 1. The summed E-state index contributed by atoms with van der Waals surface area (Å²) in [5.74, 6) is 0.167. The molecule has 0 spiro atoms. The average molecular weight is 349 g/mol. The summed E-state index contributed by atoms with van der Waals surface area (Å²) in [6.45, 7) is 0.554. The Morgan fingerprint density at radius 1 is 1.30 bits per heavy atom. The quantitative estimate of drug-likeness (QED) is 0.477. The number of anilines is 1. The summed E-state index contributed by atoms with van der Waals surface area (Å²) in [6, 6.07) is 12.0. The monoisotopic (exact) mass is 348 g/mol. The summed E-state index contributed by atoms with van der Waals surface area (Å²) in [4.78, 5) is 25.4. The van der Waals surface area contributed by atoms with Crippen molar-refractivity contribution in [3.63, 3.8) is 0 Å². The molecule has 118 valence electrons. The highest BCUT2D eigenvalue weighted by Gasteiger charge is 2.26. The molecule has 1 aliphatic rings. The van der Waals surface area contributed by atoms with Gasteiger partial charge in [0.05, 0.1) is 21.4 Å². The van der Waals surface area contributed by atoms with Crippen LogP contribution in [-0.4, -0.2) is 23.1 Å². The first-order valence-corrected chi connectivity index (χ1v) is 8.37. The van der Waals surface area contributed by atoms with E-state index in [1.54, 1.807) is 17.0 Å². The summed E-state index contributed by atoms with van der Waals surface area (Å²) in [5.41, 5.74) is 1.61. The van der Waals surface area contributed by atoms with Gasteiger partial charge in [0.25, 0.3) is 5.69 Å². The third-order valence-corrected chi connectivity index (χ3v) is 5.16. The lowest BCUT2D eigenvalue weighted by molar-refractivity contribution is -0.384. The van der Waals surface area contributed by atoms with Gasteiger partial charge < -0.3 is 4.90 Å². The number of hydrogen-bond donors (Lipinski definition) is 0. The van der Waals surface area contributed by atoms with E-state index in [2.05, 4.69) is 0 Å². The maximum absolute atomic E-state index is 12.5. The molecular formula is C16H13ClN2O3S. The van der Waals surface area contributed by atoms with E-state index < -0.39 is 4.92 Å². The van der Waals surface area contributed by atoms with E-state index in [1.165, 1.54) is 23.9 Å². The van der Waals surface area contributed by atoms with Crippen LogP contribution in [0.3, 0.4) is 0 Å². The Bertz CT molecular complexity index is 782. The molecule has 23 heavy (non-hydrogen) atoms. The number of carbonyl (C=O) groups is 1. The van der Waals surface area contributed by atoms with E-state index in [1.807, 2.05) is 18.2 Å². The van der Waals surface area contributed by atoms with Gasteiger partial charge in [-0.15, -0.1) is 11.8 Å². The number of nitro benzene ring substituents is 1. The van der Waals surface area contributed by atoms with Crippen LogP contribution in [0.2, 0.25) is 5.02 Å².